The van der Waals surface area contributed by atoms with Crippen molar-refractivity contribution in [3.05, 3.63) is 69.2 Å². The monoisotopic (exact) mass is 373 g/mol. The van der Waals surface area contributed by atoms with Crippen LogP contribution in [0.1, 0.15) is 36.6 Å². The van der Waals surface area contributed by atoms with Gasteiger partial charge in [0.25, 0.3) is 11.8 Å². The van der Waals surface area contributed by atoms with E-state index in [0.717, 1.165) is 5.56 Å². The molecule has 0 aliphatic carbocycles. The van der Waals surface area contributed by atoms with E-state index in [-0.39, 0.29) is 12.5 Å². The first kappa shape index (κ1) is 15.4. The summed E-state index contributed by atoms with van der Waals surface area (Å²) in [4.78, 5) is 37.7. The smallest absolute Gasteiger partial charge is 0.339 e. The van der Waals surface area contributed by atoms with Crippen molar-refractivity contribution in [1.82, 2.24) is 4.90 Å². The number of rotatable bonds is 2. The number of fused-ring (bicyclic) bond motifs is 1. The zero-order chi connectivity index (χ0) is 16.6. The highest BCUT2D eigenvalue weighted by atomic mass is 79.9. The summed E-state index contributed by atoms with van der Waals surface area (Å²) in [6, 6.07) is 11.7. The van der Waals surface area contributed by atoms with E-state index in [4.69, 9.17) is 0 Å². The molecule has 0 aromatic heterocycles. The summed E-state index contributed by atoms with van der Waals surface area (Å²) in [6.45, 7) is 0.254. The highest BCUT2D eigenvalue weighted by Gasteiger charge is 2.32. The lowest BCUT2D eigenvalue weighted by Gasteiger charge is -2.14. The standard InChI is InChI=1S/C17H12BrNO4/c1-23-17(22)13-7-6-10(8-14(13)18)15(20)19-9-11-4-2-3-5-12(11)16(19)21/h2-8H,9H2,1H3. The van der Waals surface area contributed by atoms with Gasteiger partial charge in [0.1, 0.15) is 0 Å². The molecule has 2 aromatic carbocycles. The van der Waals surface area contributed by atoms with Gasteiger partial charge in [-0.1, -0.05) is 18.2 Å². The van der Waals surface area contributed by atoms with E-state index in [1.54, 1.807) is 12.1 Å². The summed E-state index contributed by atoms with van der Waals surface area (Å²) in [5, 5.41) is 0. The quantitative estimate of drug-likeness (QED) is 0.599. The summed E-state index contributed by atoms with van der Waals surface area (Å²) in [6.07, 6.45) is 0. The number of carbonyl (C=O) groups is 3. The maximum atomic E-state index is 12.6. The highest BCUT2D eigenvalue weighted by Crippen LogP contribution is 2.26. The zero-order valence-electron chi connectivity index (χ0n) is 12.2. The van der Waals surface area contributed by atoms with E-state index in [1.807, 2.05) is 12.1 Å². The molecular weight excluding hydrogens is 362 g/mol. The number of ether oxygens (including phenoxy) is 1. The van der Waals surface area contributed by atoms with E-state index < -0.39 is 11.9 Å². The molecule has 0 bridgehead atoms. The molecule has 0 unspecified atom stereocenters. The van der Waals surface area contributed by atoms with Crippen molar-refractivity contribution >= 4 is 33.7 Å². The van der Waals surface area contributed by atoms with Crippen LogP contribution in [0.4, 0.5) is 0 Å². The third kappa shape index (κ3) is 2.66. The Hall–Kier alpha value is -2.47. The largest absolute Gasteiger partial charge is 0.465 e. The van der Waals surface area contributed by atoms with E-state index >= 15 is 0 Å². The number of amides is 2. The van der Waals surface area contributed by atoms with Gasteiger partial charge in [-0.3, -0.25) is 14.5 Å². The predicted molar refractivity (Wildman–Crippen MR) is 86.1 cm³/mol. The molecule has 6 heteroatoms. The van der Waals surface area contributed by atoms with Crippen LogP contribution < -0.4 is 0 Å². The first-order valence-electron chi connectivity index (χ1n) is 6.85. The van der Waals surface area contributed by atoms with Gasteiger partial charge in [-0.2, -0.15) is 0 Å². The minimum absolute atomic E-state index is 0.254. The minimum atomic E-state index is -0.500. The summed E-state index contributed by atoms with van der Waals surface area (Å²) in [5.74, 6) is -1.21. The van der Waals surface area contributed by atoms with Crippen molar-refractivity contribution in [2.24, 2.45) is 0 Å². The summed E-state index contributed by atoms with van der Waals surface area (Å²) in [5.41, 5.74) is 2.02. The summed E-state index contributed by atoms with van der Waals surface area (Å²) >= 11 is 3.25. The van der Waals surface area contributed by atoms with Gasteiger partial charge < -0.3 is 4.74 Å². The molecule has 0 spiro atoms. The number of methoxy groups -OCH3 is 1. The molecule has 0 atom stereocenters. The number of halogens is 1. The maximum Gasteiger partial charge on any atom is 0.339 e. The first-order valence-corrected chi connectivity index (χ1v) is 7.64. The number of hydrogen-bond acceptors (Lipinski definition) is 4. The van der Waals surface area contributed by atoms with Crippen LogP contribution in [-0.2, 0) is 11.3 Å². The Bertz CT molecular complexity index is 831. The maximum absolute atomic E-state index is 12.6. The first-order chi connectivity index (χ1) is 11.0. The zero-order valence-corrected chi connectivity index (χ0v) is 13.8. The molecule has 3 rings (SSSR count). The van der Waals surface area contributed by atoms with Crippen molar-refractivity contribution in [2.75, 3.05) is 7.11 Å². The van der Waals surface area contributed by atoms with Crippen LogP contribution in [0.5, 0.6) is 0 Å². The van der Waals surface area contributed by atoms with E-state index in [0.29, 0.717) is 21.2 Å². The molecule has 2 aromatic rings. The fourth-order valence-corrected chi connectivity index (χ4v) is 3.04. The highest BCUT2D eigenvalue weighted by molar-refractivity contribution is 9.10. The lowest BCUT2D eigenvalue weighted by Crippen LogP contribution is -2.31. The topological polar surface area (TPSA) is 63.7 Å². The third-order valence-corrected chi connectivity index (χ3v) is 4.34. The lowest BCUT2D eigenvalue weighted by atomic mass is 10.1. The second-order valence-electron chi connectivity index (χ2n) is 5.04. The number of hydrogen-bond donors (Lipinski definition) is 0. The third-order valence-electron chi connectivity index (χ3n) is 3.69. The van der Waals surface area contributed by atoms with Gasteiger partial charge >= 0.3 is 5.97 Å². The normalized spacial score (nSPS) is 13.0. The Morgan fingerprint density at radius 3 is 2.57 bits per heavy atom. The number of carbonyl (C=O) groups excluding carboxylic acids is 3. The van der Waals surface area contributed by atoms with Gasteiger partial charge in [-0.25, -0.2) is 4.79 Å². The summed E-state index contributed by atoms with van der Waals surface area (Å²) in [7, 11) is 1.29. The molecule has 116 valence electrons. The Morgan fingerprint density at radius 2 is 1.91 bits per heavy atom. The van der Waals surface area contributed by atoms with Gasteiger partial charge in [0.15, 0.2) is 0 Å². The van der Waals surface area contributed by atoms with Crippen LogP contribution in [0.2, 0.25) is 0 Å². The Morgan fingerprint density at radius 1 is 1.17 bits per heavy atom. The van der Waals surface area contributed by atoms with Crippen molar-refractivity contribution < 1.29 is 19.1 Å². The molecule has 0 saturated heterocycles. The van der Waals surface area contributed by atoms with Gasteiger partial charge in [0.05, 0.1) is 19.2 Å². The van der Waals surface area contributed by atoms with E-state index in [2.05, 4.69) is 20.7 Å². The van der Waals surface area contributed by atoms with Crippen molar-refractivity contribution in [3.63, 3.8) is 0 Å². The van der Waals surface area contributed by atoms with Crippen molar-refractivity contribution in [2.45, 2.75) is 6.54 Å². The van der Waals surface area contributed by atoms with Crippen LogP contribution in [0, 0.1) is 0 Å². The number of benzene rings is 2. The Kier molecular flexibility index (Phi) is 4.00. The molecule has 0 fully saturated rings. The fourth-order valence-electron chi connectivity index (χ4n) is 2.50. The molecule has 5 nitrogen and oxygen atoms in total. The van der Waals surface area contributed by atoms with Crippen LogP contribution in [0.25, 0.3) is 0 Å². The molecule has 1 aliphatic heterocycles. The van der Waals surface area contributed by atoms with Crippen LogP contribution in [0.15, 0.2) is 46.9 Å². The molecule has 23 heavy (non-hydrogen) atoms. The van der Waals surface area contributed by atoms with Crippen molar-refractivity contribution in [3.8, 4) is 0 Å². The second-order valence-corrected chi connectivity index (χ2v) is 5.89. The van der Waals surface area contributed by atoms with Crippen LogP contribution in [-0.4, -0.2) is 29.8 Å². The molecular formula is C17H12BrNO4. The summed E-state index contributed by atoms with van der Waals surface area (Å²) < 4.78 is 5.10. The Balaban J connectivity index is 1.89. The van der Waals surface area contributed by atoms with Crippen LogP contribution >= 0.6 is 15.9 Å². The fraction of sp³-hybridized carbons (Fsp3) is 0.118. The van der Waals surface area contributed by atoms with Gasteiger partial charge in [-0.05, 0) is 45.8 Å². The molecule has 0 N–H and O–H groups in total. The molecule has 1 heterocycles. The molecule has 0 radical (unpaired) electrons. The molecule has 1 aliphatic rings. The van der Waals surface area contributed by atoms with Gasteiger partial charge in [0, 0.05) is 15.6 Å². The van der Waals surface area contributed by atoms with E-state index in [9.17, 15) is 14.4 Å². The SMILES string of the molecule is COC(=O)c1ccc(C(=O)N2Cc3ccccc3C2=O)cc1Br. The van der Waals surface area contributed by atoms with Crippen molar-refractivity contribution in [1.29, 1.82) is 0 Å². The average molecular weight is 374 g/mol. The average Bonchev–Trinajstić information content (AvgIpc) is 2.90. The number of esters is 1. The number of imide groups is 1. The number of nitrogens with zero attached hydrogens (tertiary/aromatic N) is 1. The second kappa shape index (κ2) is 5.96. The predicted octanol–water partition coefficient (Wildman–Crippen LogP) is 3.03. The molecule has 2 amide bonds. The lowest BCUT2D eigenvalue weighted by molar-refractivity contribution is 0.0593. The molecule has 0 saturated carbocycles. The van der Waals surface area contributed by atoms with E-state index in [1.165, 1.54) is 30.2 Å². The van der Waals surface area contributed by atoms with Gasteiger partial charge in [0.2, 0.25) is 0 Å². The van der Waals surface area contributed by atoms with Crippen LogP contribution in [0.3, 0.4) is 0 Å². The Labute approximate surface area is 141 Å². The van der Waals surface area contributed by atoms with Gasteiger partial charge in [-0.15, -0.1) is 0 Å². The minimum Gasteiger partial charge on any atom is -0.465 e.